The van der Waals surface area contributed by atoms with Gasteiger partial charge in [-0.3, -0.25) is 9.69 Å². The number of likely N-dealkylation sites (tertiary alicyclic amines) is 1. The first-order valence-electron chi connectivity index (χ1n) is 6.61. The molecule has 2 atom stereocenters. The van der Waals surface area contributed by atoms with E-state index in [2.05, 4.69) is 20.2 Å². The van der Waals surface area contributed by atoms with E-state index in [1.807, 2.05) is 20.0 Å². The van der Waals surface area contributed by atoms with Crippen LogP contribution in [-0.2, 0) is 4.79 Å². The minimum Gasteiger partial charge on any atom is -0.395 e. The molecule has 1 aromatic rings. The number of thioether (sulfide) groups is 1. The van der Waals surface area contributed by atoms with Gasteiger partial charge in [-0.2, -0.15) is 0 Å². The normalized spacial score (nSPS) is 22.9. The maximum Gasteiger partial charge on any atom is 0.230 e. The van der Waals surface area contributed by atoms with Crippen molar-refractivity contribution in [2.45, 2.75) is 30.6 Å². The Hall–Kier alpha value is -1.18. The molecule has 0 aliphatic carbocycles. The fraction of sp³-hybridized carbons (Fsp3) is 0.615. The van der Waals surface area contributed by atoms with Gasteiger partial charge in [0.25, 0.3) is 0 Å². The molecule has 0 aromatic carbocycles. The highest BCUT2D eigenvalue weighted by Crippen LogP contribution is 2.16. The predicted molar refractivity (Wildman–Crippen MR) is 77.5 cm³/mol. The summed E-state index contributed by atoms with van der Waals surface area (Å²) in [6.45, 7) is 2.81. The number of nitrogens with one attached hydrogen (secondary N) is 1. The molecular formula is C13H20N4O2S. The van der Waals surface area contributed by atoms with Crippen molar-refractivity contribution in [1.29, 1.82) is 0 Å². The summed E-state index contributed by atoms with van der Waals surface area (Å²) in [5, 5.41) is 12.8. The number of hydrogen-bond acceptors (Lipinski definition) is 6. The number of aromatic nitrogens is 2. The zero-order chi connectivity index (χ0) is 14.5. The van der Waals surface area contributed by atoms with Gasteiger partial charge in [-0.15, -0.1) is 0 Å². The van der Waals surface area contributed by atoms with Crippen LogP contribution in [0.15, 0.2) is 17.4 Å². The van der Waals surface area contributed by atoms with Crippen LogP contribution in [0, 0.1) is 6.92 Å². The third-order valence-corrected chi connectivity index (χ3v) is 4.23. The van der Waals surface area contributed by atoms with E-state index < -0.39 is 0 Å². The number of rotatable bonds is 5. The Morgan fingerprint density at radius 1 is 1.65 bits per heavy atom. The molecule has 110 valence electrons. The van der Waals surface area contributed by atoms with Gasteiger partial charge in [-0.1, -0.05) is 11.8 Å². The van der Waals surface area contributed by atoms with Crippen LogP contribution in [0.1, 0.15) is 12.1 Å². The predicted octanol–water partition coefficient (Wildman–Crippen LogP) is 0.0583. The highest BCUT2D eigenvalue weighted by Gasteiger charge is 2.29. The molecule has 1 aliphatic rings. The third-order valence-electron chi connectivity index (χ3n) is 3.37. The first-order chi connectivity index (χ1) is 9.58. The smallest absolute Gasteiger partial charge is 0.230 e. The summed E-state index contributed by atoms with van der Waals surface area (Å²) >= 11 is 1.34. The molecule has 2 N–H and O–H groups in total. The lowest BCUT2D eigenvalue weighted by Gasteiger charge is -2.15. The molecule has 1 aromatic heterocycles. The number of aryl methyl sites for hydroxylation is 1. The summed E-state index contributed by atoms with van der Waals surface area (Å²) in [4.78, 5) is 22.3. The van der Waals surface area contributed by atoms with E-state index in [-0.39, 0.29) is 24.6 Å². The van der Waals surface area contributed by atoms with Gasteiger partial charge in [0.2, 0.25) is 5.91 Å². The summed E-state index contributed by atoms with van der Waals surface area (Å²) < 4.78 is 0. The molecular weight excluding hydrogens is 276 g/mol. The molecule has 1 aliphatic heterocycles. The number of carbonyl (C=O) groups is 1. The summed E-state index contributed by atoms with van der Waals surface area (Å²) in [6, 6.07) is 2.09. The molecule has 1 saturated heterocycles. The molecule has 2 heterocycles. The van der Waals surface area contributed by atoms with Gasteiger partial charge < -0.3 is 10.4 Å². The van der Waals surface area contributed by atoms with Crippen LogP contribution in [0.2, 0.25) is 0 Å². The lowest BCUT2D eigenvalue weighted by atomic mass is 10.2. The van der Waals surface area contributed by atoms with Gasteiger partial charge in [-0.05, 0) is 26.5 Å². The maximum absolute atomic E-state index is 11.9. The maximum atomic E-state index is 11.9. The average Bonchev–Trinajstić information content (AvgIpc) is 2.76. The second-order valence-corrected chi connectivity index (χ2v) is 5.99. The summed E-state index contributed by atoms with van der Waals surface area (Å²) in [5.74, 6) is 0.296. The van der Waals surface area contributed by atoms with Crippen LogP contribution in [0.25, 0.3) is 0 Å². The van der Waals surface area contributed by atoms with E-state index in [0.717, 1.165) is 18.7 Å². The zero-order valence-electron chi connectivity index (χ0n) is 11.7. The van der Waals surface area contributed by atoms with E-state index in [0.29, 0.717) is 10.9 Å². The fourth-order valence-electron chi connectivity index (χ4n) is 2.29. The van der Waals surface area contributed by atoms with Crippen molar-refractivity contribution in [2.75, 3.05) is 26.0 Å². The fourth-order valence-corrected chi connectivity index (χ4v) is 2.98. The van der Waals surface area contributed by atoms with Crippen molar-refractivity contribution < 1.29 is 9.90 Å². The SMILES string of the molecule is Cc1ccnc(SCC(=O)N[C@@H]2C[C@@H](CO)N(C)C2)n1. The first-order valence-corrected chi connectivity index (χ1v) is 7.60. The molecule has 0 saturated carbocycles. The van der Waals surface area contributed by atoms with Crippen LogP contribution in [0.3, 0.4) is 0 Å². The second kappa shape index (κ2) is 7.01. The molecule has 2 rings (SSSR count). The quantitative estimate of drug-likeness (QED) is 0.591. The molecule has 0 unspecified atom stereocenters. The van der Waals surface area contributed by atoms with Crippen molar-refractivity contribution in [3.63, 3.8) is 0 Å². The number of nitrogens with zero attached hydrogens (tertiary/aromatic N) is 3. The van der Waals surface area contributed by atoms with Crippen molar-refractivity contribution in [3.8, 4) is 0 Å². The molecule has 6 nitrogen and oxygen atoms in total. The third kappa shape index (κ3) is 4.16. The Bertz CT molecular complexity index is 471. The van der Waals surface area contributed by atoms with Crippen molar-refractivity contribution in [2.24, 2.45) is 0 Å². The number of aliphatic hydroxyl groups excluding tert-OH is 1. The molecule has 0 bridgehead atoms. The van der Waals surface area contributed by atoms with Crippen molar-refractivity contribution >= 4 is 17.7 Å². The summed E-state index contributed by atoms with van der Waals surface area (Å²) in [7, 11) is 1.96. The van der Waals surface area contributed by atoms with Gasteiger partial charge >= 0.3 is 0 Å². The highest BCUT2D eigenvalue weighted by atomic mass is 32.2. The van der Waals surface area contributed by atoms with E-state index in [1.54, 1.807) is 6.20 Å². The van der Waals surface area contributed by atoms with Crippen molar-refractivity contribution in [1.82, 2.24) is 20.2 Å². The van der Waals surface area contributed by atoms with Gasteiger partial charge in [0.05, 0.1) is 12.4 Å². The molecule has 0 radical (unpaired) electrons. The summed E-state index contributed by atoms with van der Waals surface area (Å²) in [5.41, 5.74) is 0.895. The number of hydrogen-bond donors (Lipinski definition) is 2. The van der Waals surface area contributed by atoms with E-state index in [9.17, 15) is 9.90 Å². The van der Waals surface area contributed by atoms with Crippen LogP contribution in [0.5, 0.6) is 0 Å². The van der Waals surface area contributed by atoms with Crippen molar-refractivity contribution in [3.05, 3.63) is 18.0 Å². The molecule has 1 fully saturated rings. The number of carbonyl (C=O) groups excluding carboxylic acids is 1. The van der Waals surface area contributed by atoms with Crippen LogP contribution in [0.4, 0.5) is 0 Å². The molecule has 7 heteroatoms. The Morgan fingerprint density at radius 3 is 3.10 bits per heavy atom. The van der Waals surface area contributed by atoms with Gasteiger partial charge in [0.1, 0.15) is 0 Å². The number of likely N-dealkylation sites (N-methyl/N-ethyl adjacent to an activating group) is 1. The zero-order valence-corrected chi connectivity index (χ0v) is 12.6. The van der Waals surface area contributed by atoms with Gasteiger partial charge in [0.15, 0.2) is 5.16 Å². The lowest BCUT2D eigenvalue weighted by Crippen LogP contribution is -2.37. The van der Waals surface area contributed by atoms with E-state index in [4.69, 9.17) is 0 Å². The largest absolute Gasteiger partial charge is 0.395 e. The first kappa shape index (κ1) is 15.2. The molecule has 1 amide bonds. The van der Waals surface area contributed by atoms with Crippen LogP contribution in [-0.4, -0.2) is 63.9 Å². The standard InChI is InChI=1S/C13H20N4O2S/c1-9-3-4-14-13(15-9)20-8-12(19)16-10-5-11(7-18)17(2)6-10/h3-4,10-11,18H,5-8H2,1-2H3,(H,16,19)/t10-,11+/m1/s1. The monoisotopic (exact) mass is 296 g/mol. The Morgan fingerprint density at radius 2 is 2.45 bits per heavy atom. The minimum atomic E-state index is -0.0166. The Balaban J connectivity index is 1.76. The number of amides is 1. The van der Waals surface area contributed by atoms with E-state index in [1.165, 1.54) is 11.8 Å². The second-order valence-electron chi connectivity index (χ2n) is 5.05. The van der Waals surface area contributed by atoms with E-state index >= 15 is 0 Å². The topological polar surface area (TPSA) is 78.3 Å². The van der Waals surface area contributed by atoms with Crippen LogP contribution >= 0.6 is 11.8 Å². The van der Waals surface area contributed by atoms with Crippen LogP contribution < -0.4 is 5.32 Å². The van der Waals surface area contributed by atoms with Gasteiger partial charge in [-0.25, -0.2) is 9.97 Å². The Labute approximate surface area is 123 Å². The Kier molecular flexibility index (Phi) is 5.33. The average molecular weight is 296 g/mol. The lowest BCUT2D eigenvalue weighted by molar-refractivity contribution is -0.119. The summed E-state index contributed by atoms with van der Waals surface area (Å²) in [6.07, 6.45) is 2.49. The highest BCUT2D eigenvalue weighted by molar-refractivity contribution is 7.99. The minimum absolute atomic E-state index is 0.0166. The molecule has 0 spiro atoms. The van der Waals surface area contributed by atoms with Gasteiger partial charge in [0, 0.05) is 30.5 Å². The molecule has 20 heavy (non-hydrogen) atoms. The number of aliphatic hydroxyl groups is 1.